The monoisotopic (exact) mass is 220 g/mol. The van der Waals surface area contributed by atoms with Gasteiger partial charge in [0.25, 0.3) is 0 Å². The van der Waals surface area contributed by atoms with E-state index < -0.39 is 11.9 Å². The van der Waals surface area contributed by atoms with Crippen molar-refractivity contribution in [2.24, 2.45) is 0 Å². The van der Waals surface area contributed by atoms with Gasteiger partial charge in [-0.3, -0.25) is 0 Å². The zero-order chi connectivity index (χ0) is 12.9. The minimum atomic E-state index is -1.53. The molecule has 0 aromatic heterocycles. The van der Waals surface area contributed by atoms with E-state index in [1.807, 2.05) is 13.8 Å². The molecule has 0 bridgehead atoms. The molecule has 0 radical (unpaired) electrons. The maximum atomic E-state index is 9.76. The number of carbonyl (C=O) groups is 2. The number of hydrogen-bond donors (Lipinski definition) is 2. The number of hydrogen-bond acceptors (Lipinski definition) is 4. The fourth-order valence-electron chi connectivity index (χ4n) is 0.236. The van der Waals surface area contributed by atoms with Crippen molar-refractivity contribution in [3.63, 3.8) is 0 Å². The third-order valence-corrected chi connectivity index (χ3v) is 0.656. The van der Waals surface area contributed by atoms with Crippen LogP contribution in [0.5, 0.6) is 0 Å². The molecular weight excluding hydrogens is 200 g/mol. The van der Waals surface area contributed by atoms with Crippen molar-refractivity contribution >= 4 is 11.9 Å². The van der Waals surface area contributed by atoms with Crippen LogP contribution in [0.15, 0.2) is 11.6 Å². The fourth-order valence-corrected chi connectivity index (χ4v) is 0.236. The predicted molar refractivity (Wildman–Crippen MR) is 50.6 cm³/mol. The number of carbonyl (C=O) groups excluding carboxylic acids is 2. The van der Waals surface area contributed by atoms with E-state index in [1.165, 1.54) is 0 Å². The quantitative estimate of drug-likeness (QED) is 0.457. The molecule has 0 amide bonds. The van der Waals surface area contributed by atoms with Crippen LogP contribution >= 0.6 is 0 Å². The Morgan fingerprint density at radius 2 is 1.40 bits per heavy atom. The molecule has 0 heterocycles. The van der Waals surface area contributed by atoms with Crippen molar-refractivity contribution in [2.45, 2.75) is 20.8 Å². The molecule has 15 heavy (non-hydrogen) atoms. The molecule has 0 atom stereocenters. The van der Waals surface area contributed by atoms with Crippen molar-refractivity contribution in [3.8, 4) is 0 Å². The molecule has 0 rings (SSSR count). The van der Waals surface area contributed by atoms with E-state index in [0.29, 0.717) is 6.08 Å². The number of aliphatic carboxylic acids is 2. The molecule has 6 nitrogen and oxygen atoms in total. The van der Waals surface area contributed by atoms with E-state index in [1.54, 1.807) is 0 Å². The van der Waals surface area contributed by atoms with Gasteiger partial charge >= 0.3 is 0 Å². The summed E-state index contributed by atoms with van der Waals surface area (Å²) in [5.74, 6) is -3.03. The van der Waals surface area contributed by atoms with E-state index in [2.05, 4.69) is 11.5 Å². The van der Waals surface area contributed by atoms with Crippen LogP contribution < -0.4 is 21.7 Å². The second kappa shape index (κ2) is 15.1. The van der Waals surface area contributed by atoms with Gasteiger partial charge in [-0.05, 0) is 32.4 Å². The minimum Gasteiger partial charge on any atom is -0.545 e. The second-order valence-corrected chi connectivity index (χ2v) is 2.43. The summed E-state index contributed by atoms with van der Waals surface area (Å²) < 4.78 is 0. The molecule has 0 aliphatic carbocycles. The van der Waals surface area contributed by atoms with Crippen molar-refractivity contribution in [1.82, 2.24) is 0 Å². The topological polar surface area (TPSA) is 136 Å². The summed E-state index contributed by atoms with van der Waals surface area (Å²) in [6.07, 6.45) is 0.468. The highest BCUT2D eigenvalue weighted by atomic mass is 16.4. The predicted octanol–water partition coefficient (Wildman–Crippen LogP) is -4.07. The Bertz CT molecular complexity index is 200. The third-order valence-electron chi connectivity index (χ3n) is 0.656. The van der Waals surface area contributed by atoms with Crippen LogP contribution in [-0.2, 0) is 9.59 Å². The summed E-state index contributed by atoms with van der Waals surface area (Å²) in [6.45, 7) is 7.14. The van der Waals surface area contributed by atoms with Gasteiger partial charge in [-0.25, -0.2) is 0 Å². The fraction of sp³-hybridized carbons (Fsp3) is 0.556. The van der Waals surface area contributed by atoms with Crippen LogP contribution in [0.1, 0.15) is 20.8 Å². The third kappa shape index (κ3) is 32.5. The van der Waals surface area contributed by atoms with E-state index in [-0.39, 0.29) is 5.57 Å². The van der Waals surface area contributed by atoms with Crippen LogP contribution in [-0.4, -0.2) is 25.0 Å². The number of rotatable bonds is 2. The number of quaternary nitrogens is 2. The maximum Gasteiger partial charge on any atom is 0.0711 e. The average molecular weight is 220 g/mol. The lowest BCUT2D eigenvalue weighted by atomic mass is 10.3. The Hall–Kier alpha value is -1.40. The van der Waals surface area contributed by atoms with Gasteiger partial charge < -0.3 is 31.3 Å². The molecule has 0 aliphatic heterocycles. The molecule has 0 fully saturated rings. The first-order valence-corrected chi connectivity index (χ1v) is 4.56. The summed E-state index contributed by atoms with van der Waals surface area (Å²) >= 11 is 0. The first kappa shape index (κ1) is 19.2. The normalized spacial score (nSPS) is 9.00. The van der Waals surface area contributed by atoms with Gasteiger partial charge in [0.2, 0.25) is 0 Å². The molecule has 0 aromatic carbocycles. The number of carboxylic acid groups (broad SMARTS) is 2. The molecule has 90 valence electrons. The average Bonchev–Trinajstić information content (AvgIpc) is 2.05. The molecule has 0 aliphatic rings. The van der Waals surface area contributed by atoms with E-state index >= 15 is 0 Å². The lowest BCUT2D eigenvalue weighted by Crippen LogP contribution is -2.48. The highest BCUT2D eigenvalue weighted by Crippen LogP contribution is 1.86. The highest BCUT2D eigenvalue weighted by Gasteiger charge is 1.86. The Kier molecular flexibility index (Phi) is 19.3. The van der Waals surface area contributed by atoms with Gasteiger partial charge in [-0.1, -0.05) is 0 Å². The zero-order valence-corrected chi connectivity index (χ0v) is 9.54. The lowest BCUT2D eigenvalue weighted by Gasteiger charge is -2.00. The van der Waals surface area contributed by atoms with Crippen LogP contribution in [0, 0.1) is 0 Å². The van der Waals surface area contributed by atoms with Crippen molar-refractivity contribution in [3.05, 3.63) is 11.6 Å². The summed E-state index contributed by atoms with van der Waals surface area (Å²) in [7, 11) is 0. The minimum absolute atomic E-state index is 0.352. The molecule has 0 aromatic rings. The Balaban J connectivity index is -0.000000200. The van der Waals surface area contributed by atoms with Crippen LogP contribution in [0.25, 0.3) is 0 Å². The Morgan fingerprint density at radius 3 is 1.47 bits per heavy atom. The van der Waals surface area contributed by atoms with Gasteiger partial charge in [0.05, 0.1) is 25.0 Å². The Morgan fingerprint density at radius 1 is 1.13 bits per heavy atom. The van der Waals surface area contributed by atoms with Gasteiger partial charge in [0, 0.05) is 0 Å². The molecule has 0 saturated heterocycles. The summed E-state index contributed by atoms with van der Waals surface area (Å²) in [4.78, 5) is 19.4. The van der Waals surface area contributed by atoms with E-state index in [9.17, 15) is 19.8 Å². The smallest absolute Gasteiger partial charge is 0.0711 e. The van der Waals surface area contributed by atoms with Crippen LogP contribution in [0.2, 0.25) is 0 Å². The first-order chi connectivity index (χ1) is 6.87. The largest absolute Gasteiger partial charge is 0.545 e. The van der Waals surface area contributed by atoms with Crippen LogP contribution in [0.4, 0.5) is 0 Å². The molecule has 6 N–H and O–H groups in total. The van der Waals surface area contributed by atoms with Crippen molar-refractivity contribution in [2.75, 3.05) is 13.1 Å². The van der Waals surface area contributed by atoms with Crippen molar-refractivity contribution in [1.29, 1.82) is 0 Å². The van der Waals surface area contributed by atoms with Crippen molar-refractivity contribution < 1.29 is 31.3 Å². The van der Waals surface area contributed by atoms with Gasteiger partial charge in [-0.2, -0.15) is 0 Å². The molecule has 0 spiro atoms. The highest BCUT2D eigenvalue weighted by molar-refractivity contribution is 5.92. The SMILES string of the molecule is C/C(=C/C(=O)[O-])C(=O)[O-].CC[NH3+].CC[NH3+]. The van der Waals surface area contributed by atoms with Crippen LogP contribution in [0.3, 0.4) is 0 Å². The Labute approximate surface area is 89.6 Å². The summed E-state index contributed by atoms with van der Waals surface area (Å²) in [5, 5.41) is 19.4. The van der Waals surface area contributed by atoms with E-state index in [0.717, 1.165) is 20.0 Å². The number of carboxylic acids is 2. The molecular formula is C9H20N2O4. The van der Waals surface area contributed by atoms with Gasteiger partial charge in [0.15, 0.2) is 0 Å². The zero-order valence-electron chi connectivity index (χ0n) is 9.54. The molecule has 0 saturated carbocycles. The summed E-state index contributed by atoms with van der Waals surface area (Å²) in [5.41, 5.74) is 6.62. The van der Waals surface area contributed by atoms with E-state index in [4.69, 9.17) is 0 Å². The summed E-state index contributed by atoms with van der Waals surface area (Å²) in [6, 6.07) is 0. The van der Waals surface area contributed by atoms with Gasteiger partial charge in [-0.15, -0.1) is 0 Å². The molecule has 0 unspecified atom stereocenters. The second-order valence-electron chi connectivity index (χ2n) is 2.43. The van der Waals surface area contributed by atoms with Gasteiger partial charge in [0.1, 0.15) is 0 Å². The first-order valence-electron chi connectivity index (χ1n) is 4.56. The maximum absolute atomic E-state index is 9.76. The molecule has 6 heteroatoms. The standard InChI is InChI=1S/C5H6O4.2C2H7N/c1-3(5(8)9)2-4(6)7;2*1-2-3/h2H,1H3,(H,6,7)(H,8,9);2*2-3H2,1H3/b3-2-;;. The lowest BCUT2D eigenvalue weighted by molar-refractivity contribution is -0.362.